The minimum absolute atomic E-state index is 0.191. The van der Waals surface area contributed by atoms with Gasteiger partial charge in [-0.25, -0.2) is 4.39 Å². The van der Waals surface area contributed by atoms with Crippen molar-refractivity contribution in [3.8, 4) is 21.8 Å². The predicted octanol–water partition coefficient (Wildman–Crippen LogP) is 7.34. The van der Waals surface area contributed by atoms with Crippen LogP contribution in [0.15, 0.2) is 59.0 Å². The maximum atomic E-state index is 14.2. The third kappa shape index (κ3) is 4.28. The summed E-state index contributed by atoms with van der Waals surface area (Å²) in [6, 6.07) is 17.3. The summed E-state index contributed by atoms with van der Waals surface area (Å²) in [7, 11) is 1.41. The number of esters is 1. The van der Waals surface area contributed by atoms with Crippen molar-refractivity contribution in [3.05, 3.63) is 70.9 Å². The molecule has 1 aliphatic carbocycles. The van der Waals surface area contributed by atoms with Gasteiger partial charge in [0.2, 0.25) is 0 Å². The zero-order valence-electron chi connectivity index (χ0n) is 17.3. The first-order chi connectivity index (χ1) is 15.1. The summed E-state index contributed by atoms with van der Waals surface area (Å²) >= 11 is 1.79. The lowest BCUT2D eigenvalue weighted by Crippen LogP contribution is -2.00. The van der Waals surface area contributed by atoms with Gasteiger partial charge in [0.25, 0.3) is 0 Å². The van der Waals surface area contributed by atoms with Crippen LogP contribution in [0.4, 0.5) is 4.39 Å². The van der Waals surface area contributed by atoms with Crippen LogP contribution in [0.1, 0.15) is 42.0 Å². The third-order valence-electron chi connectivity index (χ3n) is 5.77. The van der Waals surface area contributed by atoms with Crippen LogP contribution in [-0.2, 0) is 16.0 Å². The Labute approximate surface area is 184 Å². The molecule has 0 atom stereocenters. The maximum Gasteiger partial charge on any atom is 0.305 e. The quantitative estimate of drug-likeness (QED) is 0.286. The molecular formula is C26H23FO3S. The Morgan fingerprint density at radius 1 is 1.10 bits per heavy atom. The molecule has 158 valence electrons. The summed E-state index contributed by atoms with van der Waals surface area (Å²) in [5.41, 5.74) is 3.67. The number of methoxy groups -OCH3 is 1. The molecule has 1 saturated carbocycles. The second-order valence-corrected chi connectivity index (χ2v) is 9.19. The van der Waals surface area contributed by atoms with Crippen molar-refractivity contribution < 1.29 is 18.3 Å². The SMILES string of the molecule is COC(=O)CCCc1ccc2oc(-c3cc(F)ccc3-c3ccc(C4CC4)s3)cc2c1. The molecule has 2 heterocycles. The summed E-state index contributed by atoms with van der Waals surface area (Å²) < 4.78 is 25.0. The smallest absolute Gasteiger partial charge is 0.305 e. The Bertz CT molecular complexity index is 1250. The van der Waals surface area contributed by atoms with E-state index in [4.69, 9.17) is 9.15 Å². The summed E-state index contributed by atoms with van der Waals surface area (Å²) in [6.45, 7) is 0. The van der Waals surface area contributed by atoms with Crippen LogP contribution in [0, 0.1) is 5.82 Å². The highest BCUT2D eigenvalue weighted by molar-refractivity contribution is 7.15. The zero-order valence-corrected chi connectivity index (χ0v) is 18.1. The Balaban J connectivity index is 1.45. The van der Waals surface area contributed by atoms with E-state index in [9.17, 15) is 9.18 Å². The van der Waals surface area contributed by atoms with E-state index < -0.39 is 0 Å². The normalized spacial score (nSPS) is 13.6. The van der Waals surface area contributed by atoms with Gasteiger partial charge in [0.1, 0.15) is 17.2 Å². The molecule has 2 aromatic carbocycles. The molecule has 1 fully saturated rings. The van der Waals surface area contributed by atoms with E-state index in [-0.39, 0.29) is 11.8 Å². The molecule has 0 saturated heterocycles. The number of hydrogen-bond donors (Lipinski definition) is 0. The van der Waals surface area contributed by atoms with Crippen LogP contribution in [-0.4, -0.2) is 13.1 Å². The first kappa shape index (κ1) is 20.0. The van der Waals surface area contributed by atoms with Gasteiger partial charge in [0.15, 0.2) is 0 Å². The molecule has 0 N–H and O–H groups in total. The number of carbonyl (C=O) groups excluding carboxylic acids is 1. The topological polar surface area (TPSA) is 39.4 Å². The van der Waals surface area contributed by atoms with E-state index in [1.54, 1.807) is 17.4 Å². The van der Waals surface area contributed by atoms with Gasteiger partial charge in [-0.15, -0.1) is 11.3 Å². The Morgan fingerprint density at radius 3 is 2.77 bits per heavy atom. The van der Waals surface area contributed by atoms with Crippen molar-refractivity contribution in [2.45, 2.75) is 38.0 Å². The van der Waals surface area contributed by atoms with E-state index in [0.29, 0.717) is 18.1 Å². The van der Waals surface area contributed by atoms with Gasteiger partial charge in [-0.05, 0) is 85.7 Å². The van der Waals surface area contributed by atoms with Crippen LogP contribution >= 0.6 is 11.3 Å². The van der Waals surface area contributed by atoms with Gasteiger partial charge in [-0.2, -0.15) is 0 Å². The minimum Gasteiger partial charge on any atom is -0.469 e. The molecule has 0 amide bonds. The number of furan rings is 1. The number of hydrogen-bond acceptors (Lipinski definition) is 4. The predicted molar refractivity (Wildman–Crippen MR) is 122 cm³/mol. The van der Waals surface area contributed by atoms with E-state index in [0.717, 1.165) is 45.4 Å². The fraction of sp³-hybridized carbons (Fsp3) is 0.269. The van der Waals surface area contributed by atoms with Crippen molar-refractivity contribution in [3.63, 3.8) is 0 Å². The number of fused-ring (bicyclic) bond motifs is 1. The van der Waals surface area contributed by atoms with Crippen molar-refractivity contribution >= 4 is 28.3 Å². The monoisotopic (exact) mass is 434 g/mol. The van der Waals surface area contributed by atoms with E-state index >= 15 is 0 Å². The maximum absolute atomic E-state index is 14.2. The van der Waals surface area contributed by atoms with Crippen LogP contribution in [0.25, 0.3) is 32.7 Å². The molecule has 5 heteroatoms. The first-order valence-corrected chi connectivity index (χ1v) is 11.4. The van der Waals surface area contributed by atoms with Gasteiger partial charge in [-0.1, -0.05) is 6.07 Å². The highest BCUT2D eigenvalue weighted by Gasteiger charge is 2.25. The van der Waals surface area contributed by atoms with Crippen molar-refractivity contribution in [2.75, 3.05) is 7.11 Å². The summed E-state index contributed by atoms with van der Waals surface area (Å²) in [5.74, 6) is 0.898. The van der Waals surface area contributed by atoms with Crippen molar-refractivity contribution in [2.24, 2.45) is 0 Å². The van der Waals surface area contributed by atoms with Crippen LogP contribution in [0.3, 0.4) is 0 Å². The fourth-order valence-electron chi connectivity index (χ4n) is 3.94. The lowest BCUT2D eigenvalue weighted by atomic mass is 10.0. The first-order valence-electron chi connectivity index (χ1n) is 10.6. The molecule has 2 aromatic heterocycles. The van der Waals surface area contributed by atoms with Crippen LogP contribution < -0.4 is 0 Å². The molecule has 31 heavy (non-hydrogen) atoms. The Hall–Kier alpha value is -2.92. The van der Waals surface area contributed by atoms with Crippen molar-refractivity contribution in [1.29, 1.82) is 0 Å². The van der Waals surface area contributed by atoms with Gasteiger partial charge < -0.3 is 9.15 Å². The van der Waals surface area contributed by atoms with E-state index in [1.165, 1.54) is 30.9 Å². The van der Waals surface area contributed by atoms with Crippen LogP contribution in [0.2, 0.25) is 0 Å². The molecular weight excluding hydrogens is 411 g/mol. The summed E-state index contributed by atoms with van der Waals surface area (Å²) in [4.78, 5) is 13.9. The molecule has 3 nitrogen and oxygen atoms in total. The second kappa shape index (κ2) is 8.31. The summed E-state index contributed by atoms with van der Waals surface area (Å²) in [5, 5.41) is 0.977. The van der Waals surface area contributed by atoms with Gasteiger partial charge in [-0.3, -0.25) is 4.79 Å². The van der Waals surface area contributed by atoms with E-state index in [1.807, 2.05) is 24.3 Å². The number of carbonyl (C=O) groups is 1. The Kier molecular flexibility index (Phi) is 5.36. The number of benzene rings is 2. The van der Waals surface area contributed by atoms with Gasteiger partial charge in [0.05, 0.1) is 7.11 Å². The molecule has 0 aliphatic heterocycles. The van der Waals surface area contributed by atoms with E-state index in [2.05, 4.69) is 18.2 Å². The average Bonchev–Trinajstić information content (AvgIpc) is 3.35. The van der Waals surface area contributed by atoms with Crippen molar-refractivity contribution in [1.82, 2.24) is 0 Å². The Morgan fingerprint density at radius 2 is 1.97 bits per heavy atom. The number of rotatable bonds is 7. The number of thiophene rings is 1. The number of aryl methyl sites for hydroxylation is 1. The van der Waals surface area contributed by atoms with Crippen LogP contribution in [0.5, 0.6) is 0 Å². The number of ether oxygens (including phenoxy) is 1. The molecule has 0 unspecified atom stereocenters. The lowest BCUT2D eigenvalue weighted by Gasteiger charge is -2.06. The third-order valence-corrected chi connectivity index (χ3v) is 7.05. The number of halogens is 1. The zero-order chi connectivity index (χ0) is 21.4. The minimum atomic E-state index is -0.276. The largest absolute Gasteiger partial charge is 0.469 e. The highest BCUT2D eigenvalue weighted by Crippen LogP contribution is 2.46. The summed E-state index contributed by atoms with van der Waals surface area (Å²) in [6.07, 6.45) is 4.46. The molecule has 5 rings (SSSR count). The average molecular weight is 435 g/mol. The molecule has 0 radical (unpaired) electrons. The second-order valence-electron chi connectivity index (χ2n) is 8.08. The lowest BCUT2D eigenvalue weighted by molar-refractivity contribution is -0.140. The highest BCUT2D eigenvalue weighted by atomic mass is 32.1. The molecule has 0 spiro atoms. The molecule has 4 aromatic rings. The van der Waals surface area contributed by atoms with Gasteiger partial charge in [0, 0.05) is 32.7 Å². The fourth-order valence-corrected chi connectivity index (χ4v) is 5.16. The van der Waals surface area contributed by atoms with Gasteiger partial charge >= 0.3 is 5.97 Å². The standard InChI is InChI=1S/C26H23FO3S/c1-29-26(28)4-2-3-16-5-10-22-18(13-16)14-23(30-22)21-15-19(27)8-9-20(21)25-12-11-24(31-25)17-6-7-17/h5,8-15,17H,2-4,6-7H2,1H3. The molecule has 1 aliphatic rings. The molecule has 0 bridgehead atoms.